The van der Waals surface area contributed by atoms with Crippen molar-refractivity contribution in [1.82, 2.24) is 4.90 Å². The molecule has 3 aliphatic carbocycles. The van der Waals surface area contributed by atoms with Gasteiger partial charge in [0.15, 0.2) is 0 Å². The van der Waals surface area contributed by atoms with Gasteiger partial charge in [0.05, 0.1) is 24.7 Å². The van der Waals surface area contributed by atoms with Gasteiger partial charge in [0.25, 0.3) is 0 Å². The van der Waals surface area contributed by atoms with E-state index in [4.69, 9.17) is 9.47 Å². The summed E-state index contributed by atoms with van der Waals surface area (Å²) in [5, 5.41) is 10.0. The molecule has 3 aliphatic rings. The van der Waals surface area contributed by atoms with Crippen LogP contribution < -0.4 is 0 Å². The van der Waals surface area contributed by atoms with Gasteiger partial charge in [-0.3, -0.25) is 14.4 Å². The molecule has 3 fully saturated rings. The second kappa shape index (κ2) is 10.6. The Bertz CT molecular complexity index is 885. The molecule has 36 heavy (non-hydrogen) atoms. The van der Waals surface area contributed by atoms with Crippen LogP contribution >= 0.6 is 0 Å². The standard InChI is InChI=1S/C29H47NO6/c1-18-19(17-35-24(32)12-14-30(7)8)9-10-20-26(18)21(31)15-22-28(4,5)23(11-13-29(20,22)6)36-25(33)16-27(2,3)34/h17-18,20,22-23,26,34H,9-16H2,1-8H3/b19-17-. The molecule has 0 saturated heterocycles. The number of carbonyl (C=O) groups is 3. The molecule has 1 N–H and O–H groups in total. The van der Waals surface area contributed by atoms with Crippen LogP contribution in [0.4, 0.5) is 0 Å². The minimum absolute atomic E-state index is 0.0244. The van der Waals surface area contributed by atoms with Crippen molar-refractivity contribution in [3.8, 4) is 0 Å². The minimum Gasteiger partial charge on any atom is -0.462 e. The first-order chi connectivity index (χ1) is 16.6. The lowest BCUT2D eigenvalue weighted by molar-refractivity contribution is -0.191. The summed E-state index contributed by atoms with van der Waals surface area (Å²) in [5.41, 5.74) is -0.422. The lowest BCUT2D eigenvalue weighted by Gasteiger charge is -2.62. The monoisotopic (exact) mass is 505 g/mol. The molecule has 0 aromatic carbocycles. The number of ether oxygens (including phenoxy) is 2. The number of hydrogen-bond acceptors (Lipinski definition) is 7. The van der Waals surface area contributed by atoms with Crippen molar-refractivity contribution in [1.29, 1.82) is 0 Å². The number of rotatable bonds is 7. The SMILES string of the molecule is CC1/C(=C\OC(=O)CCN(C)C)CCC2C1C(=O)CC1C(C)(C)C(OC(=O)CC(C)(C)O)CCC21C. The molecule has 7 heteroatoms. The number of hydrogen-bond donors (Lipinski definition) is 1. The fourth-order valence-corrected chi connectivity index (χ4v) is 7.34. The molecule has 3 saturated carbocycles. The van der Waals surface area contributed by atoms with E-state index in [0.29, 0.717) is 19.4 Å². The number of ketones is 1. The van der Waals surface area contributed by atoms with E-state index in [1.165, 1.54) is 0 Å². The zero-order chi connectivity index (χ0) is 27.1. The number of aliphatic hydroxyl groups is 1. The molecule has 3 rings (SSSR count). The van der Waals surface area contributed by atoms with Crippen LogP contribution in [-0.4, -0.2) is 60.1 Å². The summed E-state index contributed by atoms with van der Waals surface area (Å²) in [5.74, 6) is -0.00669. The first-order valence-electron chi connectivity index (χ1n) is 13.5. The van der Waals surface area contributed by atoms with E-state index in [1.807, 2.05) is 19.0 Å². The predicted octanol–water partition coefficient (Wildman–Crippen LogP) is 4.52. The molecule has 0 spiro atoms. The summed E-state index contributed by atoms with van der Waals surface area (Å²) in [6.45, 7) is 12.6. The van der Waals surface area contributed by atoms with Gasteiger partial charge in [-0.15, -0.1) is 0 Å². The molecule has 7 nitrogen and oxygen atoms in total. The van der Waals surface area contributed by atoms with Crippen molar-refractivity contribution >= 4 is 17.7 Å². The van der Waals surface area contributed by atoms with Crippen LogP contribution in [0.5, 0.6) is 0 Å². The molecule has 0 aliphatic heterocycles. The van der Waals surface area contributed by atoms with Gasteiger partial charge in [0.1, 0.15) is 11.9 Å². The zero-order valence-electron chi connectivity index (χ0n) is 23.6. The topological polar surface area (TPSA) is 93.1 Å². The van der Waals surface area contributed by atoms with Crippen molar-refractivity contribution in [2.45, 2.75) is 98.2 Å². The van der Waals surface area contributed by atoms with Gasteiger partial charge in [-0.2, -0.15) is 0 Å². The number of Topliss-reactive ketones (excluding diaryl/α,β-unsaturated/α-hetero) is 1. The normalized spacial score (nSPS) is 35.2. The highest BCUT2D eigenvalue weighted by molar-refractivity contribution is 5.84. The van der Waals surface area contributed by atoms with Crippen molar-refractivity contribution in [2.75, 3.05) is 20.6 Å². The summed E-state index contributed by atoms with van der Waals surface area (Å²) in [6, 6.07) is 0. The van der Waals surface area contributed by atoms with Crippen molar-refractivity contribution < 1.29 is 29.0 Å². The van der Waals surface area contributed by atoms with E-state index >= 15 is 0 Å². The number of esters is 2. The van der Waals surface area contributed by atoms with Crippen molar-refractivity contribution in [3.05, 3.63) is 11.8 Å². The molecule has 0 amide bonds. The number of fused-ring (bicyclic) bond motifs is 3. The van der Waals surface area contributed by atoms with E-state index in [9.17, 15) is 19.5 Å². The van der Waals surface area contributed by atoms with Crippen LogP contribution in [0.3, 0.4) is 0 Å². The Morgan fingerprint density at radius 2 is 1.83 bits per heavy atom. The third-order valence-corrected chi connectivity index (χ3v) is 9.35. The molecular formula is C29H47NO6. The van der Waals surface area contributed by atoms with E-state index in [0.717, 1.165) is 31.3 Å². The molecule has 6 unspecified atom stereocenters. The Kier molecular flexibility index (Phi) is 8.46. The van der Waals surface area contributed by atoms with Crippen molar-refractivity contribution in [3.63, 3.8) is 0 Å². The summed E-state index contributed by atoms with van der Waals surface area (Å²) in [4.78, 5) is 40.2. The number of nitrogens with zero attached hydrogens (tertiary/aromatic N) is 1. The summed E-state index contributed by atoms with van der Waals surface area (Å²) < 4.78 is 11.4. The Hall–Kier alpha value is -1.73. The first kappa shape index (κ1) is 28.8. The van der Waals surface area contributed by atoms with Crippen LogP contribution in [0, 0.1) is 34.5 Å². The highest BCUT2D eigenvalue weighted by Gasteiger charge is 2.62. The van der Waals surface area contributed by atoms with Crippen LogP contribution in [0.2, 0.25) is 0 Å². The summed E-state index contributed by atoms with van der Waals surface area (Å²) in [6.07, 6.45) is 5.50. The molecule has 0 aromatic rings. The fraction of sp³-hybridized carbons (Fsp3) is 0.828. The van der Waals surface area contributed by atoms with Gasteiger partial charge in [-0.1, -0.05) is 27.7 Å². The van der Waals surface area contributed by atoms with E-state index in [2.05, 4.69) is 27.7 Å². The lowest BCUT2D eigenvalue weighted by Crippen LogP contribution is -2.60. The maximum atomic E-state index is 13.6. The zero-order valence-corrected chi connectivity index (χ0v) is 23.6. The highest BCUT2D eigenvalue weighted by Crippen LogP contribution is 2.64. The average molecular weight is 506 g/mol. The van der Waals surface area contributed by atoms with Crippen molar-refractivity contribution in [2.24, 2.45) is 34.5 Å². The predicted molar refractivity (Wildman–Crippen MR) is 138 cm³/mol. The first-order valence-corrected chi connectivity index (χ1v) is 13.5. The average Bonchev–Trinajstić information content (AvgIpc) is 2.74. The summed E-state index contributed by atoms with van der Waals surface area (Å²) >= 11 is 0. The largest absolute Gasteiger partial charge is 0.462 e. The molecule has 6 atom stereocenters. The third-order valence-electron chi connectivity index (χ3n) is 9.35. The maximum Gasteiger partial charge on any atom is 0.311 e. The third kappa shape index (κ3) is 6.04. The van der Waals surface area contributed by atoms with Crippen LogP contribution in [0.1, 0.15) is 86.5 Å². The van der Waals surface area contributed by atoms with Gasteiger partial charge >= 0.3 is 11.9 Å². The maximum absolute atomic E-state index is 13.6. The Morgan fingerprint density at radius 3 is 2.44 bits per heavy atom. The lowest BCUT2D eigenvalue weighted by atomic mass is 9.42. The Morgan fingerprint density at radius 1 is 1.17 bits per heavy atom. The van der Waals surface area contributed by atoms with Gasteiger partial charge in [0.2, 0.25) is 0 Å². The molecule has 0 radical (unpaired) electrons. The van der Waals surface area contributed by atoms with E-state index in [-0.39, 0.29) is 64.7 Å². The second-order valence-corrected chi connectivity index (χ2v) is 13.3. The van der Waals surface area contributed by atoms with Gasteiger partial charge in [0, 0.05) is 24.3 Å². The summed E-state index contributed by atoms with van der Waals surface area (Å²) in [7, 11) is 3.85. The van der Waals surface area contributed by atoms with Gasteiger partial charge < -0.3 is 19.5 Å². The number of carbonyl (C=O) groups excluding carboxylic acids is 3. The van der Waals surface area contributed by atoms with Crippen LogP contribution in [0.25, 0.3) is 0 Å². The molecule has 0 heterocycles. The molecule has 0 bridgehead atoms. The van der Waals surface area contributed by atoms with Gasteiger partial charge in [-0.05, 0) is 82.4 Å². The van der Waals surface area contributed by atoms with E-state index < -0.39 is 5.60 Å². The van der Waals surface area contributed by atoms with Gasteiger partial charge in [-0.25, -0.2) is 0 Å². The Balaban J connectivity index is 1.74. The molecule has 204 valence electrons. The smallest absolute Gasteiger partial charge is 0.311 e. The van der Waals surface area contributed by atoms with E-state index in [1.54, 1.807) is 20.1 Å². The fourth-order valence-electron chi connectivity index (χ4n) is 7.34. The van der Waals surface area contributed by atoms with Crippen LogP contribution in [-0.2, 0) is 23.9 Å². The molecule has 0 aromatic heterocycles. The molecular weight excluding hydrogens is 458 g/mol. The minimum atomic E-state index is -1.11. The highest BCUT2D eigenvalue weighted by atomic mass is 16.5. The quantitative estimate of drug-likeness (QED) is 0.402. The Labute approximate surface area is 217 Å². The van der Waals surface area contributed by atoms with Crippen LogP contribution in [0.15, 0.2) is 11.8 Å². The number of allylic oxidation sites excluding steroid dienone is 1. The second-order valence-electron chi connectivity index (χ2n) is 13.3.